The SMILES string of the molecule is C=C/C=c1/[nH]c2c(/c1=C/C)CC(C)N(CC(C)(C)F)C2.O=C(O)CN1CC2(C1)CN(c1cc(F)cc(F)c1)C2. The van der Waals surface area contributed by atoms with Crippen molar-refractivity contribution in [1.82, 2.24) is 14.8 Å². The minimum absolute atomic E-state index is 0.0658. The Kier molecular flexibility index (Phi) is 8.33. The van der Waals surface area contributed by atoms with Crippen LogP contribution in [0.4, 0.5) is 18.9 Å². The predicted octanol–water partition coefficient (Wildman–Crippen LogP) is 3.45. The van der Waals surface area contributed by atoms with Crippen LogP contribution < -0.4 is 15.5 Å². The molecule has 1 aromatic carbocycles. The quantitative estimate of drug-likeness (QED) is 0.584. The van der Waals surface area contributed by atoms with E-state index >= 15 is 0 Å². The number of H-pyrrole nitrogens is 1. The van der Waals surface area contributed by atoms with Crippen molar-refractivity contribution < 1.29 is 23.1 Å². The van der Waals surface area contributed by atoms with E-state index in [4.69, 9.17) is 5.11 Å². The summed E-state index contributed by atoms with van der Waals surface area (Å²) < 4.78 is 40.1. The van der Waals surface area contributed by atoms with Gasteiger partial charge in [0.15, 0.2) is 0 Å². The van der Waals surface area contributed by atoms with Crippen molar-refractivity contribution in [2.24, 2.45) is 5.41 Å². The van der Waals surface area contributed by atoms with E-state index in [2.05, 4.69) is 36.4 Å². The standard InChI is InChI=1S/C17H25FN2.C13H14F2N2O2/c1-6-8-15-13(7-2)14-9-12(3)20(10-16(14)19-15)11-17(4,5)18;14-9-1-10(15)3-11(2-9)17-7-13(8-17)5-16(6-13)4-12(18)19/h6-8,12,19H,1,9-11H2,2-5H3;1-3H,4-8H2,(H,18,19)/b13-7-,15-8+;. The molecule has 9 heteroatoms. The Morgan fingerprint density at radius 1 is 1.21 bits per heavy atom. The number of carbonyl (C=O) groups is 1. The Morgan fingerprint density at radius 2 is 1.85 bits per heavy atom. The molecule has 1 spiro atoms. The number of allylic oxidation sites excluding steroid dienone is 1. The van der Waals surface area contributed by atoms with Gasteiger partial charge >= 0.3 is 5.97 Å². The average Bonchev–Trinajstić information content (AvgIpc) is 3.09. The summed E-state index contributed by atoms with van der Waals surface area (Å²) in [7, 11) is 0. The normalized spacial score (nSPS) is 21.6. The lowest BCUT2D eigenvalue weighted by atomic mass is 9.72. The summed E-state index contributed by atoms with van der Waals surface area (Å²) in [6.45, 7) is 15.6. The van der Waals surface area contributed by atoms with Gasteiger partial charge in [-0.3, -0.25) is 14.6 Å². The van der Waals surface area contributed by atoms with E-state index in [9.17, 15) is 18.0 Å². The molecular formula is C30H39F3N4O2. The van der Waals surface area contributed by atoms with Crippen LogP contribution in [-0.2, 0) is 17.8 Å². The van der Waals surface area contributed by atoms with Crippen LogP contribution in [0, 0.1) is 17.0 Å². The summed E-state index contributed by atoms with van der Waals surface area (Å²) in [6.07, 6.45) is 6.91. The second-order valence-corrected chi connectivity index (χ2v) is 11.8. The van der Waals surface area contributed by atoms with Crippen molar-refractivity contribution in [1.29, 1.82) is 0 Å². The number of benzene rings is 1. The zero-order chi connectivity index (χ0) is 28.5. The number of alkyl halides is 1. The van der Waals surface area contributed by atoms with Gasteiger partial charge in [-0.25, -0.2) is 13.2 Å². The molecule has 2 saturated heterocycles. The third-order valence-electron chi connectivity index (χ3n) is 7.64. The largest absolute Gasteiger partial charge is 0.480 e. The molecule has 0 bridgehead atoms. The van der Waals surface area contributed by atoms with Crippen molar-refractivity contribution >= 4 is 23.8 Å². The molecule has 2 aromatic rings. The molecule has 0 aliphatic carbocycles. The highest BCUT2D eigenvalue weighted by Crippen LogP contribution is 2.41. The zero-order valence-electron chi connectivity index (χ0n) is 23.2. The molecule has 1 aromatic heterocycles. The number of aromatic nitrogens is 1. The highest BCUT2D eigenvalue weighted by atomic mass is 19.1. The second kappa shape index (κ2) is 11.2. The number of rotatable bonds is 6. The fraction of sp³-hybridized carbons (Fsp3) is 0.500. The van der Waals surface area contributed by atoms with Gasteiger partial charge in [0, 0.05) is 73.5 Å². The van der Waals surface area contributed by atoms with Gasteiger partial charge in [0.2, 0.25) is 0 Å². The van der Waals surface area contributed by atoms with Crippen molar-refractivity contribution in [3.63, 3.8) is 0 Å². The summed E-state index contributed by atoms with van der Waals surface area (Å²) >= 11 is 0. The number of fused-ring (bicyclic) bond motifs is 1. The molecule has 1 unspecified atom stereocenters. The number of likely N-dealkylation sites (tertiary alicyclic amines) is 1. The van der Waals surface area contributed by atoms with E-state index in [-0.39, 0.29) is 12.0 Å². The number of aliphatic carboxylic acids is 1. The van der Waals surface area contributed by atoms with Gasteiger partial charge < -0.3 is 15.0 Å². The van der Waals surface area contributed by atoms with E-state index < -0.39 is 23.3 Å². The van der Waals surface area contributed by atoms with Crippen LogP contribution in [0.15, 0.2) is 30.9 Å². The summed E-state index contributed by atoms with van der Waals surface area (Å²) in [4.78, 5) is 20.0. The van der Waals surface area contributed by atoms with Crippen molar-refractivity contribution in [3.8, 4) is 0 Å². The molecule has 0 radical (unpaired) electrons. The first-order valence-electron chi connectivity index (χ1n) is 13.4. The monoisotopic (exact) mass is 544 g/mol. The predicted molar refractivity (Wildman–Crippen MR) is 149 cm³/mol. The van der Waals surface area contributed by atoms with Crippen molar-refractivity contribution in [3.05, 3.63) is 64.3 Å². The molecule has 6 nitrogen and oxygen atoms in total. The van der Waals surface area contributed by atoms with Crippen LogP contribution in [0.25, 0.3) is 12.2 Å². The molecule has 3 aliphatic rings. The van der Waals surface area contributed by atoms with Crippen LogP contribution in [0.2, 0.25) is 0 Å². The van der Waals surface area contributed by atoms with Gasteiger partial charge in [-0.1, -0.05) is 18.7 Å². The highest BCUT2D eigenvalue weighted by molar-refractivity contribution is 5.69. The first-order chi connectivity index (χ1) is 18.3. The van der Waals surface area contributed by atoms with E-state index in [1.165, 1.54) is 28.6 Å². The Labute approximate surface area is 228 Å². The van der Waals surface area contributed by atoms with Crippen molar-refractivity contribution in [2.45, 2.75) is 52.4 Å². The highest BCUT2D eigenvalue weighted by Gasteiger charge is 2.52. The summed E-state index contributed by atoms with van der Waals surface area (Å²) in [5.74, 6) is -1.97. The molecule has 2 N–H and O–H groups in total. The lowest BCUT2D eigenvalue weighted by Gasteiger charge is -2.60. The van der Waals surface area contributed by atoms with Crippen LogP contribution in [0.5, 0.6) is 0 Å². The molecule has 0 amide bonds. The molecule has 39 heavy (non-hydrogen) atoms. The number of carboxylic acid groups (broad SMARTS) is 1. The van der Waals surface area contributed by atoms with Gasteiger partial charge in [0.25, 0.3) is 0 Å². The van der Waals surface area contributed by atoms with Crippen LogP contribution >= 0.6 is 0 Å². The van der Waals surface area contributed by atoms with Gasteiger partial charge in [0.1, 0.15) is 17.3 Å². The molecule has 2 fully saturated rings. The van der Waals surface area contributed by atoms with Gasteiger partial charge in [-0.2, -0.15) is 0 Å². The number of hydrogen-bond acceptors (Lipinski definition) is 4. The number of aromatic amines is 1. The molecule has 5 rings (SSSR count). The number of hydrogen-bond donors (Lipinski definition) is 2. The lowest BCUT2D eigenvalue weighted by Crippen LogP contribution is -2.72. The fourth-order valence-electron chi connectivity index (χ4n) is 6.13. The van der Waals surface area contributed by atoms with E-state index in [0.717, 1.165) is 50.6 Å². The maximum Gasteiger partial charge on any atom is 0.317 e. The van der Waals surface area contributed by atoms with Crippen LogP contribution in [-0.4, -0.2) is 76.8 Å². The first-order valence-corrected chi connectivity index (χ1v) is 13.4. The minimum Gasteiger partial charge on any atom is -0.480 e. The molecule has 1 atom stereocenters. The van der Waals surface area contributed by atoms with E-state index in [1.807, 2.05) is 15.9 Å². The first kappa shape index (κ1) is 29.0. The smallest absolute Gasteiger partial charge is 0.317 e. The molecule has 0 saturated carbocycles. The third-order valence-corrected chi connectivity index (χ3v) is 7.64. The van der Waals surface area contributed by atoms with E-state index in [1.54, 1.807) is 19.9 Å². The summed E-state index contributed by atoms with van der Waals surface area (Å²) in [6, 6.07) is 3.87. The number of nitrogens with one attached hydrogen (secondary N) is 1. The maximum absolute atomic E-state index is 13.9. The number of halogens is 3. The van der Waals surface area contributed by atoms with Crippen LogP contribution in [0.3, 0.4) is 0 Å². The fourth-order valence-corrected chi connectivity index (χ4v) is 6.13. The van der Waals surface area contributed by atoms with Gasteiger partial charge in [-0.05, 0) is 63.1 Å². The molecule has 3 aliphatic heterocycles. The lowest BCUT2D eigenvalue weighted by molar-refractivity contribution is -0.142. The van der Waals surface area contributed by atoms with E-state index in [0.29, 0.717) is 18.3 Å². The zero-order valence-corrected chi connectivity index (χ0v) is 23.2. The number of nitrogens with zero attached hydrogens (tertiary/aromatic N) is 3. The maximum atomic E-state index is 13.9. The molecule has 212 valence electrons. The third kappa shape index (κ3) is 6.76. The topological polar surface area (TPSA) is 62.8 Å². The Hall–Kier alpha value is -3.04. The molecule has 4 heterocycles. The van der Waals surface area contributed by atoms with Gasteiger partial charge in [-0.15, -0.1) is 0 Å². The minimum atomic E-state index is -1.16. The van der Waals surface area contributed by atoms with Gasteiger partial charge in [0.05, 0.1) is 6.54 Å². The number of carboxylic acids is 1. The summed E-state index contributed by atoms with van der Waals surface area (Å²) in [5.41, 5.74) is 2.10. The van der Waals surface area contributed by atoms with Crippen molar-refractivity contribution in [2.75, 3.05) is 44.2 Å². The van der Waals surface area contributed by atoms with Crippen LogP contribution in [0.1, 0.15) is 39.0 Å². The Balaban J connectivity index is 0.000000181. The molecular weight excluding hydrogens is 505 g/mol. The second-order valence-electron chi connectivity index (χ2n) is 11.8. The number of anilines is 1. The Morgan fingerprint density at radius 3 is 2.38 bits per heavy atom. The summed E-state index contributed by atoms with van der Waals surface area (Å²) in [5, 5.41) is 11.0. The Bertz CT molecular complexity index is 1310. The average molecular weight is 545 g/mol.